The van der Waals surface area contributed by atoms with Gasteiger partial charge in [-0.15, -0.1) is 0 Å². The number of aliphatic hydroxyl groups excluding tert-OH is 1. The molecule has 1 unspecified atom stereocenters. The maximum atomic E-state index is 12.4. The number of alkyl halides is 4. The summed E-state index contributed by atoms with van der Waals surface area (Å²) in [6, 6.07) is 0. The van der Waals surface area contributed by atoms with E-state index < -0.39 is 25.0 Å². The fraction of sp³-hybridized carbons (Fsp3) is 1.00. The van der Waals surface area contributed by atoms with Crippen molar-refractivity contribution >= 4 is 0 Å². The zero-order valence-electron chi connectivity index (χ0n) is 9.47. The zero-order chi connectivity index (χ0) is 13.3. The molecule has 0 aliphatic heterocycles. The summed E-state index contributed by atoms with van der Waals surface area (Å²) in [5, 5.41) is 11.3. The normalized spacial score (nSPS) is 14.3. The third-order valence-electron chi connectivity index (χ3n) is 1.80. The van der Waals surface area contributed by atoms with E-state index in [0.29, 0.717) is 6.61 Å². The third-order valence-corrected chi connectivity index (χ3v) is 1.80. The van der Waals surface area contributed by atoms with Gasteiger partial charge in [0.05, 0.1) is 32.5 Å². The molecular weight excluding hydrogens is 246 g/mol. The van der Waals surface area contributed by atoms with Crippen molar-refractivity contribution in [2.75, 3.05) is 40.0 Å². The molecule has 0 bridgehead atoms. The van der Waals surface area contributed by atoms with Gasteiger partial charge in [0.25, 0.3) is 0 Å². The number of hydrogen-bond donors (Lipinski definition) is 2. The molecule has 0 amide bonds. The maximum Gasteiger partial charge on any atom is 0.319 e. The summed E-state index contributed by atoms with van der Waals surface area (Å²) < 4.78 is 57.9. The van der Waals surface area contributed by atoms with Crippen LogP contribution in [0.25, 0.3) is 0 Å². The number of nitrogens with one attached hydrogen (secondary N) is 1. The lowest BCUT2D eigenvalue weighted by molar-refractivity contribution is -0.126. The van der Waals surface area contributed by atoms with Gasteiger partial charge in [0.15, 0.2) is 0 Å². The van der Waals surface area contributed by atoms with Gasteiger partial charge in [-0.3, -0.25) is 0 Å². The van der Waals surface area contributed by atoms with Gasteiger partial charge in [0.2, 0.25) is 0 Å². The second-order valence-corrected chi connectivity index (χ2v) is 3.41. The van der Waals surface area contributed by atoms with E-state index in [2.05, 4.69) is 10.1 Å². The van der Waals surface area contributed by atoms with Crippen molar-refractivity contribution in [2.24, 2.45) is 0 Å². The van der Waals surface area contributed by atoms with Crippen molar-refractivity contribution in [1.82, 2.24) is 5.32 Å². The quantitative estimate of drug-likeness (QED) is 0.445. The molecule has 0 fully saturated rings. The van der Waals surface area contributed by atoms with Crippen molar-refractivity contribution in [3.8, 4) is 0 Å². The lowest BCUT2D eigenvalue weighted by Gasteiger charge is -2.17. The van der Waals surface area contributed by atoms with E-state index in [-0.39, 0.29) is 19.8 Å². The van der Waals surface area contributed by atoms with Gasteiger partial charge >= 0.3 is 12.3 Å². The minimum Gasteiger partial charge on any atom is -0.389 e. The van der Waals surface area contributed by atoms with Gasteiger partial charge in [-0.1, -0.05) is 0 Å². The fourth-order valence-corrected chi connectivity index (χ4v) is 0.903. The average Bonchev–Trinajstić information content (AvgIpc) is 2.24. The van der Waals surface area contributed by atoms with Crippen molar-refractivity contribution in [2.45, 2.75) is 18.5 Å². The van der Waals surface area contributed by atoms with E-state index in [1.165, 1.54) is 7.11 Å². The highest BCUT2D eigenvalue weighted by atomic mass is 19.3. The Kier molecular flexibility index (Phi) is 8.40. The summed E-state index contributed by atoms with van der Waals surface area (Å²) in [6.45, 7) is -0.879. The van der Waals surface area contributed by atoms with Crippen LogP contribution in [-0.2, 0) is 9.47 Å². The molecule has 0 rings (SSSR count). The molecule has 104 valence electrons. The van der Waals surface area contributed by atoms with Gasteiger partial charge in [-0.25, -0.2) is 8.78 Å². The Hall–Kier alpha value is -0.440. The molecule has 17 heavy (non-hydrogen) atoms. The predicted molar refractivity (Wildman–Crippen MR) is 52.5 cm³/mol. The molecule has 0 aliphatic carbocycles. The number of hydrogen-bond acceptors (Lipinski definition) is 4. The van der Waals surface area contributed by atoms with Crippen molar-refractivity contribution in [3.63, 3.8) is 0 Å². The summed E-state index contributed by atoms with van der Waals surface area (Å²) in [4.78, 5) is 0. The van der Waals surface area contributed by atoms with Crippen molar-refractivity contribution in [3.05, 3.63) is 0 Å². The van der Waals surface area contributed by atoms with Gasteiger partial charge < -0.3 is 19.9 Å². The smallest absolute Gasteiger partial charge is 0.319 e. The van der Waals surface area contributed by atoms with E-state index in [4.69, 9.17) is 4.74 Å². The molecule has 1 atom stereocenters. The number of methoxy groups -OCH3 is 1. The van der Waals surface area contributed by atoms with Crippen LogP contribution in [-0.4, -0.2) is 63.6 Å². The Balaban J connectivity index is 3.54. The minimum atomic E-state index is -4.09. The molecule has 2 N–H and O–H groups in total. The summed E-state index contributed by atoms with van der Waals surface area (Å²) in [6.07, 6.45) is -4.74. The molecule has 0 radical (unpaired) electrons. The predicted octanol–water partition coefficient (Wildman–Crippen LogP) is 0.500. The highest BCUT2D eigenvalue weighted by Gasteiger charge is 2.40. The molecule has 0 aromatic heterocycles. The van der Waals surface area contributed by atoms with E-state index in [1.54, 1.807) is 0 Å². The monoisotopic (exact) mass is 263 g/mol. The summed E-state index contributed by atoms with van der Waals surface area (Å²) >= 11 is 0. The molecule has 0 saturated heterocycles. The first-order valence-corrected chi connectivity index (χ1v) is 5.01. The van der Waals surface area contributed by atoms with Crippen LogP contribution >= 0.6 is 0 Å². The molecule has 0 aliphatic rings. The van der Waals surface area contributed by atoms with Crippen LogP contribution < -0.4 is 5.32 Å². The zero-order valence-corrected chi connectivity index (χ0v) is 9.47. The van der Waals surface area contributed by atoms with E-state index in [0.717, 1.165) is 0 Å². The summed E-state index contributed by atoms with van der Waals surface area (Å²) in [7, 11) is 1.48. The Labute approximate surface area is 96.9 Å². The summed E-state index contributed by atoms with van der Waals surface area (Å²) in [5.41, 5.74) is 0. The second kappa shape index (κ2) is 8.62. The highest BCUT2D eigenvalue weighted by Crippen LogP contribution is 2.21. The minimum absolute atomic E-state index is 0.0728. The number of rotatable bonds is 10. The first-order valence-electron chi connectivity index (χ1n) is 5.01. The first-order chi connectivity index (χ1) is 7.90. The SMILES string of the molecule is COCCOCC(O)CNCC(F)(F)C(F)F. The standard InChI is InChI=1S/C9H17F4NO3/c1-16-2-3-17-5-7(15)4-14-6-9(12,13)8(10)11/h7-8,14-15H,2-6H2,1H3. The van der Waals surface area contributed by atoms with Crippen molar-refractivity contribution in [1.29, 1.82) is 0 Å². The molecule has 0 aromatic carbocycles. The topological polar surface area (TPSA) is 50.7 Å². The largest absolute Gasteiger partial charge is 0.389 e. The molecule has 0 saturated carbocycles. The van der Waals surface area contributed by atoms with Gasteiger partial charge in [-0.05, 0) is 0 Å². The third kappa shape index (κ3) is 8.31. The summed E-state index contributed by atoms with van der Waals surface area (Å²) in [5.74, 6) is -4.09. The Morgan fingerprint density at radius 1 is 1.29 bits per heavy atom. The molecule has 4 nitrogen and oxygen atoms in total. The second-order valence-electron chi connectivity index (χ2n) is 3.41. The lowest BCUT2D eigenvalue weighted by atomic mass is 10.3. The van der Waals surface area contributed by atoms with E-state index >= 15 is 0 Å². The maximum absolute atomic E-state index is 12.4. The Bertz CT molecular complexity index is 195. The Morgan fingerprint density at radius 2 is 1.94 bits per heavy atom. The van der Waals surface area contributed by atoms with Crippen LogP contribution in [0.2, 0.25) is 0 Å². The molecule has 0 spiro atoms. The Morgan fingerprint density at radius 3 is 2.47 bits per heavy atom. The fourth-order valence-electron chi connectivity index (χ4n) is 0.903. The van der Waals surface area contributed by atoms with Crippen LogP contribution in [0, 0.1) is 0 Å². The van der Waals surface area contributed by atoms with Crippen molar-refractivity contribution < 1.29 is 32.1 Å². The van der Waals surface area contributed by atoms with Crippen LogP contribution in [0.1, 0.15) is 0 Å². The number of ether oxygens (including phenoxy) is 2. The van der Waals surface area contributed by atoms with Crippen LogP contribution in [0.5, 0.6) is 0 Å². The first kappa shape index (κ1) is 16.6. The van der Waals surface area contributed by atoms with E-state index in [9.17, 15) is 22.7 Å². The van der Waals surface area contributed by atoms with Crippen LogP contribution in [0.3, 0.4) is 0 Å². The highest BCUT2D eigenvalue weighted by molar-refractivity contribution is 4.73. The van der Waals surface area contributed by atoms with E-state index in [1.807, 2.05) is 0 Å². The lowest BCUT2D eigenvalue weighted by Crippen LogP contribution is -2.42. The molecule has 0 heterocycles. The van der Waals surface area contributed by atoms with Gasteiger partial charge in [0, 0.05) is 13.7 Å². The molecule has 0 aromatic rings. The number of aliphatic hydroxyl groups is 1. The van der Waals surface area contributed by atoms with Crippen LogP contribution in [0.15, 0.2) is 0 Å². The van der Waals surface area contributed by atoms with Gasteiger partial charge in [-0.2, -0.15) is 8.78 Å². The van der Waals surface area contributed by atoms with Gasteiger partial charge in [0.1, 0.15) is 0 Å². The van der Waals surface area contributed by atoms with Crippen LogP contribution in [0.4, 0.5) is 17.6 Å². The average molecular weight is 263 g/mol. The number of halogens is 4. The molecule has 8 heteroatoms. The molecular formula is C9H17F4NO3.